The molecule has 10 radical (unpaired) electrons. The molecule has 0 N–H and O–H groups in total. The van der Waals surface area contributed by atoms with Crippen molar-refractivity contribution in [1.29, 1.82) is 0 Å². The van der Waals surface area contributed by atoms with Crippen LogP contribution in [-0.4, -0.2) is 18.4 Å². The second-order valence-corrected chi connectivity index (χ2v) is 15.3. The van der Waals surface area contributed by atoms with Crippen molar-refractivity contribution >= 4 is 30.8 Å². The van der Waals surface area contributed by atoms with Crippen LogP contribution in [0.25, 0.3) is 0 Å². The smallest absolute Gasteiger partial charge is 0.314 e. The Kier molecular flexibility index (Phi) is 16.1. The molecule has 0 heterocycles. The number of aldehydes is 1. The van der Waals surface area contributed by atoms with Crippen molar-refractivity contribution in [3.63, 3.8) is 0 Å². The van der Waals surface area contributed by atoms with Gasteiger partial charge in [-0.05, 0) is 93.1 Å². The SMILES string of the molecule is C=C(C[C@H](C[C@@H](CC=O)C(C)(C)C)OC(=O)[C]1[CH][CH][CH][C]1P(c1ccccc1)c1ccccc1)C(C)(C)C.[CH]1[CH][CH][CH][CH]1.[Fe]. The van der Waals surface area contributed by atoms with Crippen LogP contribution in [0.15, 0.2) is 72.8 Å². The standard InChI is InChI=1S/C34H42O3P.C5H5.Fe/c1-25(33(2,3)4)23-27(24-26(21-22-35)34(5,6)7)37-32(36)30-19-14-20-31(30)38(28-15-10-8-11-16-28)29-17-12-9-13-18-29;1-2-4-5-3-1;/h8-20,22,26-27H,1,21,23-24H2,2-7H3;1-5H;/t26-,27-;;/m1../s1. The molecular weight excluding hydrogens is 603 g/mol. The molecule has 2 aliphatic rings. The predicted octanol–water partition coefficient (Wildman–Crippen LogP) is 8.42. The van der Waals surface area contributed by atoms with Gasteiger partial charge in [-0.15, -0.1) is 0 Å². The third-order valence-corrected chi connectivity index (χ3v) is 10.3. The zero-order valence-corrected chi connectivity index (χ0v) is 29.0. The van der Waals surface area contributed by atoms with Crippen molar-refractivity contribution in [2.75, 3.05) is 0 Å². The summed E-state index contributed by atoms with van der Waals surface area (Å²) in [5.41, 5.74) is 1.84. The van der Waals surface area contributed by atoms with E-state index < -0.39 is 7.92 Å². The number of hydrogen-bond acceptors (Lipinski definition) is 3. The van der Waals surface area contributed by atoms with E-state index in [-0.39, 0.29) is 45.9 Å². The summed E-state index contributed by atoms with van der Waals surface area (Å²) in [5, 5.41) is 2.37. The van der Waals surface area contributed by atoms with Gasteiger partial charge in [0.15, 0.2) is 0 Å². The van der Waals surface area contributed by atoms with Crippen LogP contribution in [0.5, 0.6) is 0 Å². The van der Waals surface area contributed by atoms with Gasteiger partial charge in [-0.25, -0.2) is 0 Å². The van der Waals surface area contributed by atoms with Crippen molar-refractivity contribution in [3.05, 3.63) is 136 Å². The summed E-state index contributed by atoms with van der Waals surface area (Å²) >= 11 is 0. The maximum Gasteiger partial charge on any atom is 0.314 e. The van der Waals surface area contributed by atoms with Crippen molar-refractivity contribution in [3.8, 4) is 0 Å². The predicted molar refractivity (Wildman–Crippen MR) is 181 cm³/mol. The van der Waals surface area contributed by atoms with Crippen molar-refractivity contribution in [2.24, 2.45) is 16.7 Å². The molecule has 0 saturated heterocycles. The Morgan fingerprint density at radius 2 is 1.32 bits per heavy atom. The van der Waals surface area contributed by atoms with E-state index in [4.69, 9.17) is 4.74 Å². The first kappa shape index (κ1) is 38.5. The molecule has 234 valence electrons. The van der Waals surface area contributed by atoms with Gasteiger partial charge < -0.3 is 9.53 Å². The summed E-state index contributed by atoms with van der Waals surface area (Å²) in [6.07, 6.45) is 18.1. The Morgan fingerprint density at radius 1 is 0.818 bits per heavy atom. The van der Waals surface area contributed by atoms with E-state index in [1.165, 1.54) is 10.6 Å². The van der Waals surface area contributed by atoms with Crippen LogP contribution < -0.4 is 10.6 Å². The molecule has 44 heavy (non-hydrogen) atoms. The van der Waals surface area contributed by atoms with E-state index in [2.05, 4.69) is 78.8 Å². The summed E-state index contributed by atoms with van der Waals surface area (Å²) < 4.78 is 6.29. The summed E-state index contributed by atoms with van der Waals surface area (Å²) in [4.78, 5) is 25.3. The van der Waals surface area contributed by atoms with E-state index in [0.29, 0.717) is 25.2 Å². The van der Waals surface area contributed by atoms with Gasteiger partial charge in [0.05, 0.1) is 0 Å². The quantitative estimate of drug-likeness (QED) is 0.0807. The van der Waals surface area contributed by atoms with E-state index in [9.17, 15) is 9.59 Å². The average molecular weight is 651 g/mol. The first-order valence-corrected chi connectivity index (χ1v) is 16.4. The third-order valence-electron chi connectivity index (χ3n) is 7.80. The molecule has 2 aliphatic carbocycles. The molecule has 2 saturated carbocycles. The Bertz CT molecular complexity index is 1080. The fourth-order valence-corrected chi connectivity index (χ4v) is 7.32. The summed E-state index contributed by atoms with van der Waals surface area (Å²) in [7, 11) is -0.928. The van der Waals surface area contributed by atoms with Crippen molar-refractivity contribution in [2.45, 2.75) is 66.9 Å². The largest absolute Gasteiger partial charge is 0.462 e. The van der Waals surface area contributed by atoms with Crippen LogP contribution in [0.4, 0.5) is 0 Å². The van der Waals surface area contributed by atoms with Crippen molar-refractivity contribution in [1.82, 2.24) is 0 Å². The topological polar surface area (TPSA) is 43.4 Å². The van der Waals surface area contributed by atoms with Gasteiger partial charge in [-0.3, -0.25) is 4.79 Å². The monoisotopic (exact) mass is 650 g/mol. The Morgan fingerprint density at radius 3 is 1.75 bits per heavy atom. The van der Waals surface area contributed by atoms with Crippen LogP contribution in [-0.2, 0) is 31.4 Å². The van der Waals surface area contributed by atoms with E-state index in [0.717, 1.165) is 17.5 Å². The molecular formula is C39H47FeO3P. The van der Waals surface area contributed by atoms with Crippen LogP contribution in [0.3, 0.4) is 0 Å². The normalized spacial score (nSPS) is 17.2. The summed E-state index contributed by atoms with van der Waals surface area (Å²) in [6, 6.07) is 20.7. The molecule has 0 bridgehead atoms. The molecule has 0 aromatic heterocycles. The number of carbonyl (C=O) groups is 2. The number of carbonyl (C=O) groups excluding carboxylic acids is 2. The first-order chi connectivity index (χ1) is 20.4. The minimum atomic E-state index is -0.928. The first-order valence-electron chi connectivity index (χ1n) is 15.1. The van der Waals surface area contributed by atoms with Crippen LogP contribution in [0.1, 0.15) is 60.8 Å². The maximum absolute atomic E-state index is 13.8. The number of ether oxygens (including phenoxy) is 1. The van der Waals surface area contributed by atoms with Crippen LogP contribution in [0.2, 0.25) is 0 Å². The minimum Gasteiger partial charge on any atom is -0.462 e. The Balaban J connectivity index is 0.00000102. The molecule has 5 heteroatoms. The van der Waals surface area contributed by atoms with Gasteiger partial charge in [-0.2, -0.15) is 0 Å². The molecule has 0 aliphatic heterocycles. The fraction of sp³-hybridized carbons (Fsp3) is 0.333. The summed E-state index contributed by atoms with van der Waals surface area (Å²) in [5.74, 6) is 0.392. The van der Waals surface area contributed by atoms with Gasteiger partial charge in [0.2, 0.25) is 0 Å². The number of esters is 1. The zero-order chi connectivity index (χ0) is 31.5. The minimum absolute atomic E-state index is 0. The molecule has 4 rings (SSSR count). The summed E-state index contributed by atoms with van der Waals surface area (Å²) in [6.45, 7) is 17.1. The second-order valence-electron chi connectivity index (χ2n) is 13.1. The van der Waals surface area contributed by atoms with Gasteiger partial charge in [0.1, 0.15) is 18.3 Å². The molecule has 2 aromatic rings. The Labute approximate surface area is 280 Å². The van der Waals surface area contributed by atoms with Gasteiger partial charge in [-0.1, -0.05) is 114 Å². The average Bonchev–Trinajstić information content (AvgIpc) is 3.69. The van der Waals surface area contributed by atoms with Crippen LogP contribution in [0, 0.1) is 79.7 Å². The molecule has 2 fully saturated rings. The number of rotatable bonds is 11. The van der Waals surface area contributed by atoms with Gasteiger partial charge in [0.25, 0.3) is 0 Å². The van der Waals surface area contributed by atoms with Crippen LogP contribution >= 0.6 is 7.92 Å². The Hall–Kier alpha value is -1.73. The fourth-order valence-electron chi connectivity index (χ4n) is 4.89. The van der Waals surface area contributed by atoms with Gasteiger partial charge >= 0.3 is 5.97 Å². The molecule has 0 unspecified atom stereocenters. The molecule has 0 spiro atoms. The van der Waals surface area contributed by atoms with E-state index in [1.54, 1.807) is 0 Å². The number of hydrogen-bond donors (Lipinski definition) is 0. The van der Waals surface area contributed by atoms with E-state index >= 15 is 0 Å². The molecule has 3 nitrogen and oxygen atoms in total. The molecule has 0 amide bonds. The van der Waals surface area contributed by atoms with E-state index in [1.807, 2.05) is 81.3 Å². The molecule has 2 aromatic carbocycles. The third kappa shape index (κ3) is 11.9. The number of benzene rings is 2. The maximum atomic E-state index is 13.8. The molecule has 2 atom stereocenters. The van der Waals surface area contributed by atoms with Gasteiger partial charge in [0, 0.05) is 35.6 Å². The zero-order valence-electron chi connectivity index (χ0n) is 27.0. The van der Waals surface area contributed by atoms with Crippen molar-refractivity contribution < 1.29 is 31.4 Å². The second kappa shape index (κ2) is 18.4.